The Morgan fingerprint density at radius 1 is 1.36 bits per heavy atom. The molecule has 0 saturated heterocycles. The molecule has 0 aromatic carbocycles. The Bertz CT molecular complexity index is 292. The van der Waals surface area contributed by atoms with Crippen LogP contribution in [0.3, 0.4) is 0 Å². The molecule has 0 bridgehead atoms. The summed E-state index contributed by atoms with van der Waals surface area (Å²) >= 11 is 0. The van der Waals surface area contributed by atoms with Crippen LogP contribution in [0.2, 0.25) is 0 Å². The van der Waals surface area contributed by atoms with E-state index in [4.69, 9.17) is 5.26 Å². The highest BCUT2D eigenvalue weighted by atomic mass is 19.4. The van der Waals surface area contributed by atoms with Crippen molar-refractivity contribution in [3.63, 3.8) is 0 Å². The number of halogens is 3. The molecule has 1 aromatic rings. The van der Waals surface area contributed by atoms with E-state index in [0.29, 0.717) is 0 Å². The van der Waals surface area contributed by atoms with Crippen molar-refractivity contribution in [3.8, 4) is 6.07 Å². The van der Waals surface area contributed by atoms with Gasteiger partial charge in [0, 0.05) is 12.4 Å². The van der Waals surface area contributed by atoms with E-state index in [1.807, 2.05) is 0 Å². The smallest absolute Gasteiger partial charge is 0.366 e. The van der Waals surface area contributed by atoms with Gasteiger partial charge in [0.1, 0.15) is 6.07 Å². The number of hydrogen-bond donors (Lipinski definition) is 1. The van der Waals surface area contributed by atoms with Crippen molar-refractivity contribution in [1.29, 1.82) is 5.26 Å². The average molecular weight is 160 g/mol. The van der Waals surface area contributed by atoms with Gasteiger partial charge in [-0.1, -0.05) is 0 Å². The van der Waals surface area contributed by atoms with E-state index in [1.165, 1.54) is 6.07 Å². The highest BCUT2D eigenvalue weighted by Crippen LogP contribution is 2.31. The van der Waals surface area contributed by atoms with Gasteiger partial charge in [0.2, 0.25) is 0 Å². The largest absolute Gasteiger partial charge is 0.419 e. The van der Waals surface area contributed by atoms with Crippen molar-refractivity contribution in [2.24, 2.45) is 0 Å². The lowest BCUT2D eigenvalue weighted by molar-refractivity contribution is -0.137. The lowest BCUT2D eigenvalue weighted by Gasteiger charge is -2.01. The Hall–Kier alpha value is -1.44. The van der Waals surface area contributed by atoms with Gasteiger partial charge in [-0.05, 0) is 0 Å². The van der Waals surface area contributed by atoms with Crippen LogP contribution < -0.4 is 0 Å². The second kappa shape index (κ2) is 2.31. The summed E-state index contributed by atoms with van der Waals surface area (Å²) in [6.07, 6.45) is -2.66. The second-order valence-electron chi connectivity index (χ2n) is 1.89. The zero-order valence-corrected chi connectivity index (χ0v) is 5.24. The Morgan fingerprint density at radius 2 is 2.00 bits per heavy atom. The van der Waals surface area contributed by atoms with Crippen LogP contribution >= 0.6 is 0 Å². The molecule has 1 N–H and O–H groups in total. The van der Waals surface area contributed by atoms with Crippen molar-refractivity contribution < 1.29 is 13.2 Å². The summed E-state index contributed by atoms with van der Waals surface area (Å²) in [5, 5.41) is 8.20. The van der Waals surface area contributed by atoms with Gasteiger partial charge in [-0.2, -0.15) is 18.4 Å². The summed E-state index contributed by atoms with van der Waals surface area (Å²) in [6.45, 7) is 0. The quantitative estimate of drug-likeness (QED) is 0.618. The first kappa shape index (κ1) is 7.66. The number of nitrogens with zero attached hydrogens (tertiary/aromatic N) is 1. The molecule has 58 valence electrons. The maximum Gasteiger partial charge on any atom is 0.419 e. The van der Waals surface area contributed by atoms with Crippen LogP contribution in [-0.2, 0) is 6.18 Å². The van der Waals surface area contributed by atoms with Gasteiger partial charge >= 0.3 is 6.18 Å². The first-order chi connectivity index (χ1) is 5.05. The molecule has 0 radical (unpaired) electrons. The minimum absolute atomic E-state index is 0.377. The molecule has 0 aliphatic heterocycles. The van der Waals surface area contributed by atoms with Crippen molar-refractivity contribution in [2.45, 2.75) is 6.18 Å². The number of H-pyrrole nitrogens is 1. The minimum atomic E-state index is -4.44. The van der Waals surface area contributed by atoms with Gasteiger partial charge in [0.15, 0.2) is 0 Å². The molecule has 2 nitrogen and oxygen atoms in total. The lowest BCUT2D eigenvalue weighted by Crippen LogP contribution is -2.04. The summed E-state index contributed by atoms with van der Waals surface area (Å²) in [7, 11) is 0. The Morgan fingerprint density at radius 3 is 2.36 bits per heavy atom. The Kier molecular flexibility index (Phi) is 1.61. The van der Waals surface area contributed by atoms with Crippen molar-refractivity contribution >= 4 is 0 Å². The van der Waals surface area contributed by atoms with Crippen LogP contribution in [0.25, 0.3) is 0 Å². The Balaban J connectivity index is 3.15. The molecule has 1 rings (SSSR count). The molecule has 0 saturated carbocycles. The van der Waals surface area contributed by atoms with Gasteiger partial charge in [0.25, 0.3) is 0 Å². The molecule has 0 aliphatic carbocycles. The molecular formula is C6H3F3N2. The number of aromatic amines is 1. The average Bonchev–Trinajstić information content (AvgIpc) is 2.31. The third-order valence-electron chi connectivity index (χ3n) is 1.17. The first-order valence-electron chi connectivity index (χ1n) is 2.70. The molecule has 0 spiro atoms. The highest BCUT2D eigenvalue weighted by Gasteiger charge is 2.34. The maximum atomic E-state index is 11.9. The third-order valence-corrected chi connectivity index (χ3v) is 1.17. The minimum Gasteiger partial charge on any atom is -0.366 e. The van der Waals surface area contributed by atoms with Gasteiger partial charge < -0.3 is 4.98 Å². The first-order valence-corrected chi connectivity index (χ1v) is 2.70. The predicted octanol–water partition coefficient (Wildman–Crippen LogP) is 1.91. The van der Waals surface area contributed by atoms with E-state index < -0.39 is 11.7 Å². The normalized spacial score (nSPS) is 11.1. The van der Waals surface area contributed by atoms with E-state index in [-0.39, 0.29) is 5.56 Å². The van der Waals surface area contributed by atoms with Crippen LogP contribution in [-0.4, -0.2) is 4.98 Å². The van der Waals surface area contributed by atoms with Crippen LogP contribution in [0.15, 0.2) is 12.4 Å². The number of nitriles is 1. The number of alkyl halides is 3. The molecule has 0 atom stereocenters. The topological polar surface area (TPSA) is 39.6 Å². The monoisotopic (exact) mass is 160 g/mol. The second-order valence-corrected chi connectivity index (χ2v) is 1.89. The van der Waals surface area contributed by atoms with Crippen molar-refractivity contribution in [3.05, 3.63) is 23.5 Å². The standard InChI is InChI=1S/C6H3F3N2/c7-6(8,9)5-3-11-2-4(5)1-10/h2-3,11H. The van der Waals surface area contributed by atoms with Gasteiger partial charge in [-0.25, -0.2) is 0 Å². The molecule has 0 amide bonds. The van der Waals surface area contributed by atoms with E-state index in [2.05, 4.69) is 4.98 Å². The fourth-order valence-electron chi connectivity index (χ4n) is 0.691. The molecule has 0 fully saturated rings. The van der Waals surface area contributed by atoms with E-state index in [1.54, 1.807) is 0 Å². The molecule has 1 heterocycles. The summed E-state index contributed by atoms with van der Waals surface area (Å²) < 4.78 is 35.7. The van der Waals surface area contributed by atoms with Crippen LogP contribution in [0.5, 0.6) is 0 Å². The van der Waals surface area contributed by atoms with Crippen LogP contribution in [0.1, 0.15) is 11.1 Å². The van der Waals surface area contributed by atoms with E-state index >= 15 is 0 Å². The van der Waals surface area contributed by atoms with Crippen molar-refractivity contribution in [1.82, 2.24) is 4.98 Å². The highest BCUT2D eigenvalue weighted by molar-refractivity contribution is 5.36. The molecule has 1 aromatic heterocycles. The number of hydrogen-bond acceptors (Lipinski definition) is 1. The van der Waals surface area contributed by atoms with Gasteiger partial charge in [-0.3, -0.25) is 0 Å². The van der Waals surface area contributed by atoms with Gasteiger partial charge in [-0.15, -0.1) is 0 Å². The van der Waals surface area contributed by atoms with Crippen LogP contribution in [0, 0.1) is 11.3 Å². The van der Waals surface area contributed by atoms with Crippen LogP contribution in [0.4, 0.5) is 13.2 Å². The molecule has 0 unspecified atom stereocenters. The van der Waals surface area contributed by atoms with E-state index in [9.17, 15) is 13.2 Å². The van der Waals surface area contributed by atoms with Crippen molar-refractivity contribution in [2.75, 3.05) is 0 Å². The molecule has 5 heteroatoms. The SMILES string of the molecule is N#Cc1c[nH]cc1C(F)(F)F. The summed E-state index contributed by atoms with van der Waals surface area (Å²) in [4.78, 5) is 2.21. The molecule has 0 aliphatic rings. The third kappa shape index (κ3) is 1.34. The zero-order chi connectivity index (χ0) is 8.48. The summed E-state index contributed by atoms with van der Waals surface area (Å²) in [5.41, 5.74) is -1.29. The molecule has 11 heavy (non-hydrogen) atoms. The zero-order valence-electron chi connectivity index (χ0n) is 5.24. The number of rotatable bonds is 0. The fraction of sp³-hybridized carbons (Fsp3) is 0.167. The fourth-order valence-corrected chi connectivity index (χ4v) is 0.691. The van der Waals surface area contributed by atoms with E-state index in [0.717, 1.165) is 12.4 Å². The maximum absolute atomic E-state index is 11.9. The number of aromatic nitrogens is 1. The summed E-state index contributed by atoms with van der Waals surface area (Å²) in [5.74, 6) is 0. The Labute approximate surface area is 60.3 Å². The lowest BCUT2D eigenvalue weighted by atomic mass is 10.2. The molecular weight excluding hydrogens is 157 g/mol. The predicted molar refractivity (Wildman–Crippen MR) is 30.5 cm³/mol. The van der Waals surface area contributed by atoms with Gasteiger partial charge in [0.05, 0.1) is 11.1 Å². The number of nitrogens with one attached hydrogen (secondary N) is 1. The summed E-state index contributed by atoms with van der Waals surface area (Å²) in [6, 6.07) is 1.43.